The zero-order valence-corrected chi connectivity index (χ0v) is 6.88. The number of aromatic nitrogens is 1. The van der Waals surface area contributed by atoms with Crippen LogP contribution in [0.1, 0.15) is 18.0 Å². The van der Waals surface area contributed by atoms with E-state index in [1.165, 1.54) is 18.3 Å². The second-order valence-corrected chi connectivity index (χ2v) is 2.64. The summed E-state index contributed by atoms with van der Waals surface area (Å²) in [6.07, 6.45) is -3.12. The second-order valence-electron chi connectivity index (χ2n) is 2.64. The van der Waals surface area contributed by atoms with Gasteiger partial charge >= 0.3 is 6.18 Å². The normalized spacial score (nSPS) is 14.2. The third-order valence-corrected chi connectivity index (χ3v) is 1.73. The molecule has 0 N–H and O–H groups in total. The molecule has 0 saturated heterocycles. The quantitative estimate of drug-likeness (QED) is 0.695. The largest absolute Gasteiger partial charge is 0.397 e. The van der Waals surface area contributed by atoms with Crippen LogP contribution < -0.4 is 0 Å². The lowest BCUT2D eigenvalue weighted by Crippen LogP contribution is -2.20. The van der Waals surface area contributed by atoms with E-state index in [0.29, 0.717) is 0 Å². The first-order chi connectivity index (χ1) is 6.05. The average molecular weight is 188 g/mol. The van der Waals surface area contributed by atoms with Crippen molar-refractivity contribution < 1.29 is 13.2 Å². The summed E-state index contributed by atoms with van der Waals surface area (Å²) in [5.41, 5.74) is 0.0324. The van der Waals surface area contributed by atoms with Crippen LogP contribution in [0.2, 0.25) is 0 Å². The first kappa shape index (κ1) is 10.0. The van der Waals surface area contributed by atoms with E-state index in [1.807, 2.05) is 0 Å². The summed E-state index contributed by atoms with van der Waals surface area (Å²) in [6.45, 7) is 3.27. The van der Waals surface area contributed by atoms with Gasteiger partial charge in [0.1, 0.15) is 0 Å². The fourth-order valence-corrected chi connectivity index (χ4v) is 1.06. The van der Waals surface area contributed by atoms with E-state index in [4.69, 9.17) is 0 Å². The third-order valence-electron chi connectivity index (χ3n) is 1.73. The molecule has 0 aliphatic rings. The molecular weight excluding hydrogens is 179 g/mol. The zero-order valence-electron chi connectivity index (χ0n) is 6.88. The van der Waals surface area contributed by atoms with Crippen molar-refractivity contribution in [2.45, 2.75) is 18.5 Å². The molecular formula is C9H9F3N. The SMILES string of the molecule is [CH2]CC(c1ccccn1)C(F)(F)F. The Labute approximate surface area is 74.6 Å². The summed E-state index contributed by atoms with van der Waals surface area (Å²) in [6, 6.07) is 4.49. The van der Waals surface area contributed by atoms with Gasteiger partial charge in [0.05, 0.1) is 11.6 Å². The van der Waals surface area contributed by atoms with Crippen LogP contribution in [0.15, 0.2) is 24.4 Å². The summed E-state index contributed by atoms with van der Waals surface area (Å²) < 4.78 is 37.0. The van der Waals surface area contributed by atoms with Crippen LogP contribution in [-0.2, 0) is 0 Å². The van der Waals surface area contributed by atoms with Gasteiger partial charge in [-0.3, -0.25) is 4.98 Å². The van der Waals surface area contributed by atoms with Crippen molar-refractivity contribution in [3.8, 4) is 0 Å². The van der Waals surface area contributed by atoms with E-state index < -0.39 is 12.1 Å². The number of hydrogen-bond donors (Lipinski definition) is 0. The van der Waals surface area contributed by atoms with Gasteiger partial charge in [0, 0.05) is 6.20 Å². The minimum absolute atomic E-state index is 0.0324. The van der Waals surface area contributed by atoms with Gasteiger partial charge < -0.3 is 0 Å². The molecule has 1 atom stereocenters. The molecule has 4 heteroatoms. The van der Waals surface area contributed by atoms with Crippen molar-refractivity contribution in [2.24, 2.45) is 0 Å². The maximum absolute atomic E-state index is 12.3. The summed E-state index contributed by atoms with van der Waals surface area (Å²) >= 11 is 0. The van der Waals surface area contributed by atoms with Gasteiger partial charge in [-0.05, 0) is 18.6 Å². The molecule has 1 aromatic heterocycles. The van der Waals surface area contributed by atoms with E-state index in [1.54, 1.807) is 6.07 Å². The Balaban J connectivity index is 2.92. The molecule has 1 aromatic rings. The summed E-state index contributed by atoms with van der Waals surface area (Å²) in [5.74, 6) is -1.55. The highest BCUT2D eigenvalue weighted by molar-refractivity contribution is 5.11. The van der Waals surface area contributed by atoms with Crippen LogP contribution in [0.5, 0.6) is 0 Å². The van der Waals surface area contributed by atoms with Crippen LogP contribution in [0.4, 0.5) is 13.2 Å². The van der Waals surface area contributed by atoms with Crippen LogP contribution in [0, 0.1) is 6.92 Å². The molecule has 13 heavy (non-hydrogen) atoms. The number of hydrogen-bond acceptors (Lipinski definition) is 1. The van der Waals surface area contributed by atoms with E-state index in [9.17, 15) is 13.2 Å². The Bertz CT molecular complexity index is 255. The molecule has 0 spiro atoms. The van der Waals surface area contributed by atoms with E-state index in [-0.39, 0.29) is 12.1 Å². The molecule has 0 amide bonds. The van der Waals surface area contributed by atoms with Gasteiger partial charge in [0.15, 0.2) is 0 Å². The highest BCUT2D eigenvalue weighted by atomic mass is 19.4. The van der Waals surface area contributed by atoms with E-state index in [0.717, 1.165) is 0 Å². The number of rotatable bonds is 2. The predicted molar refractivity (Wildman–Crippen MR) is 43.0 cm³/mol. The van der Waals surface area contributed by atoms with Crippen molar-refractivity contribution >= 4 is 0 Å². The zero-order chi connectivity index (χ0) is 9.90. The summed E-state index contributed by atoms with van der Waals surface area (Å²) in [4.78, 5) is 3.66. The molecule has 1 rings (SSSR count). The fourth-order valence-electron chi connectivity index (χ4n) is 1.06. The van der Waals surface area contributed by atoms with Crippen LogP contribution in [0.25, 0.3) is 0 Å². The van der Waals surface area contributed by atoms with Crippen molar-refractivity contribution in [1.82, 2.24) is 4.98 Å². The van der Waals surface area contributed by atoms with Crippen molar-refractivity contribution in [1.29, 1.82) is 0 Å². The second kappa shape index (κ2) is 3.77. The monoisotopic (exact) mass is 188 g/mol. The summed E-state index contributed by atoms with van der Waals surface area (Å²) in [5, 5.41) is 0. The van der Waals surface area contributed by atoms with Gasteiger partial charge in [0.2, 0.25) is 0 Å². The van der Waals surface area contributed by atoms with Crippen molar-refractivity contribution in [3.63, 3.8) is 0 Å². The average Bonchev–Trinajstić information content (AvgIpc) is 2.05. The van der Waals surface area contributed by atoms with Gasteiger partial charge in [-0.25, -0.2) is 0 Å². The number of halogens is 3. The maximum atomic E-state index is 12.3. The lowest BCUT2D eigenvalue weighted by molar-refractivity contribution is -0.150. The Morgan fingerprint density at radius 2 is 2.08 bits per heavy atom. The molecule has 1 radical (unpaired) electrons. The molecule has 0 aliphatic carbocycles. The predicted octanol–water partition coefficient (Wildman–Crippen LogP) is 2.95. The molecule has 0 aromatic carbocycles. The van der Waals surface area contributed by atoms with Gasteiger partial charge in [-0.15, -0.1) is 0 Å². The Kier molecular flexibility index (Phi) is 2.90. The van der Waals surface area contributed by atoms with Crippen LogP contribution in [-0.4, -0.2) is 11.2 Å². The lowest BCUT2D eigenvalue weighted by atomic mass is 10.0. The Hall–Kier alpha value is -1.06. The maximum Gasteiger partial charge on any atom is 0.397 e. The van der Waals surface area contributed by atoms with E-state index >= 15 is 0 Å². The highest BCUT2D eigenvalue weighted by Crippen LogP contribution is 2.35. The van der Waals surface area contributed by atoms with Gasteiger partial charge in [-0.2, -0.15) is 13.2 Å². The van der Waals surface area contributed by atoms with Gasteiger partial charge in [-0.1, -0.05) is 13.0 Å². The lowest BCUT2D eigenvalue weighted by Gasteiger charge is -2.17. The number of nitrogens with zero attached hydrogens (tertiary/aromatic N) is 1. The molecule has 0 saturated carbocycles. The fraction of sp³-hybridized carbons (Fsp3) is 0.333. The molecule has 1 unspecified atom stereocenters. The van der Waals surface area contributed by atoms with Crippen LogP contribution in [0.3, 0.4) is 0 Å². The first-order valence-electron chi connectivity index (χ1n) is 3.82. The molecule has 0 bridgehead atoms. The minimum atomic E-state index is -4.25. The minimum Gasteiger partial charge on any atom is -0.261 e. The molecule has 0 aliphatic heterocycles. The summed E-state index contributed by atoms with van der Waals surface area (Å²) in [7, 11) is 0. The molecule has 0 fully saturated rings. The smallest absolute Gasteiger partial charge is 0.261 e. The van der Waals surface area contributed by atoms with Gasteiger partial charge in [0.25, 0.3) is 0 Å². The molecule has 1 heterocycles. The number of pyridine rings is 1. The van der Waals surface area contributed by atoms with Crippen molar-refractivity contribution in [3.05, 3.63) is 37.0 Å². The standard InChI is InChI=1S/C9H9F3N/c1-2-7(9(10,11)12)8-5-3-4-6-13-8/h3-7H,1-2H2. The number of alkyl halides is 3. The van der Waals surface area contributed by atoms with Crippen LogP contribution >= 0.6 is 0 Å². The van der Waals surface area contributed by atoms with Crippen molar-refractivity contribution in [2.75, 3.05) is 0 Å². The highest BCUT2D eigenvalue weighted by Gasteiger charge is 2.39. The Morgan fingerprint density at radius 1 is 1.38 bits per heavy atom. The first-order valence-corrected chi connectivity index (χ1v) is 3.82. The third kappa shape index (κ3) is 2.44. The Morgan fingerprint density at radius 3 is 2.46 bits per heavy atom. The topological polar surface area (TPSA) is 12.9 Å². The molecule has 71 valence electrons. The molecule has 1 nitrogen and oxygen atoms in total. The van der Waals surface area contributed by atoms with E-state index in [2.05, 4.69) is 11.9 Å².